The average Bonchev–Trinajstić information content (AvgIpc) is 3.15. The summed E-state index contributed by atoms with van der Waals surface area (Å²) < 4.78 is 0. The monoisotopic (exact) mass is 336 g/mol. The van der Waals surface area contributed by atoms with Crippen molar-refractivity contribution in [3.05, 3.63) is 65.2 Å². The summed E-state index contributed by atoms with van der Waals surface area (Å²) in [6.45, 7) is 3.74. The van der Waals surface area contributed by atoms with Gasteiger partial charge in [-0.2, -0.15) is 0 Å². The minimum Gasteiger partial charge on any atom is -0.339 e. The highest BCUT2D eigenvalue weighted by atomic mass is 16.2. The molecule has 3 rings (SSSR count). The van der Waals surface area contributed by atoms with Crippen LogP contribution < -0.4 is 5.32 Å². The van der Waals surface area contributed by atoms with Crippen LogP contribution in [0.4, 0.5) is 5.69 Å². The van der Waals surface area contributed by atoms with Crippen molar-refractivity contribution in [3.63, 3.8) is 0 Å². The van der Waals surface area contributed by atoms with Gasteiger partial charge in [0.15, 0.2) is 0 Å². The number of rotatable bonds is 5. The molecule has 25 heavy (non-hydrogen) atoms. The molecule has 2 amide bonds. The van der Waals surface area contributed by atoms with Gasteiger partial charge in [0, 0.05) is 30.8 Å². The van der Waals surface area contributed by atoms with Crippen LogP contribution in [0, 0.1) is 6.92 Å². The molecule has 1 aliphatic rings. The number of carbonyl (C=O) groups is 2. The number of nitrogens with zero attached hydrogens (tertiary/aromatic N) is 1. The number of hydrogen-bond donors (Lipinski definition) is 1. The van der Waals surface area contributed by atoms with Crippen molar-refractivity contribution < 1.29 is 9.59 Å². The highest BCUT2D eigenvalue weighted by Gasteiger charge is 2.19. The summed E-state index contributed by atoms with van der Waals surface area (Å²) in [5.74, 6) is 0.0648. The Kier molecular flexibility index (Phi) is 5.49. The van der Waals surface area contributed by atoms with E-state index in [2.05, 4.69) is 24.4 Å². The summed E-state index contributed by atoms with van der Waals surface area (Å²) in [6, 6.07) is 15.4. The molecule has 1 aliphatic heterocycles. The van der Waals surface area contributed by atoms with Crippen LogP contribution in [0.3, 0.4) is 0 Å². The molecule has 0 aromatic heterocycles. The van der Waals surface area contributed by atoms with Crippen LogP contribution in [0.15, 0.2) is 48.5 Å². The van der Waals surface area contributed by atoms with Crippen LogP contribution in [-0.4, -0.2) is 29.8 Å². The lowest BCUT2D eigenvalue weighted by molar-refractivity contribution is -0.116. The van der Waals surface area contributed by atoms with Gasteiger partial charge in [-0.1, -0.05) is 29.8 Å². The summed E-state index contributed by atoms with van der Waals surface area (Å²) in [4.78, 5) is 26.3. The first-order valence-corrected chi connectivity index (χ1v) is 8.86. The van der Waals surface area contributed by atoms with Gasteiger partial charge in [-0.05, 0) is 56.0 Å². The van der Waals surface area contributed by atoms with Gasteiger partial charge in [0.05, 0.1) is 0 Å². The number of nitrogens with one attached hydrogen (secondary N) is 1. The first kappa shape index (κ1) is 17.2. The zero-order valence-electron chi connectivity index (χ0n) is 14.6. The van der Waals surface area contributed by atoms with Crippen LogP contribution in [0.2, 0.25) is 0 Å². The van der Waals surface area contributed by atoms with E-state index in [1.165, 1.54) is 11.1 Å². The van der Waals surface area contributed by atoms with Crippen molar-refractivity contribution in [2.45, 2.75) is 32.6 Å². The van der Waals surface area contributed by atoms with Crippen LogP contribution in [-0.2, 0) is 11.2 Å². The predicted octanol–water partition coefficient (Wildman–Crippen LogP) is 3.80. The molecule has 1 fully saturated rings. The number of amides is 2. The molecule has 4 heteroatoms. The predicted molar refractivity (Wildman–Crippen MR) is 99.7 cm³/mol. The lowest BCUT2D eigenvalue weighted by atomic mass is 10.1. The van der Waals surface area contributed by atoms with Gasteiger partial charge in [-0.25, -0.2) is 0 Å². The maximum Gasteiger partial charge on any atom is 0.253 e. The number of anilines is 1. The SMILES string of the molecule is Cc1cccc(CCC(=O)Nc2ccc(C(=O)N3CCCC3)cc2)c1. The van der Waals surface area contributed by atoms with Gasteiger partial charge < -0.3 is 10.2 Å². The van der Waals surface area contributed by atoms with Crippen LogP contribution in [0.5, 0.6) is 0 Å². The van der Waals surface area contributed by atoms with E-state index >= 15 is 0 Å². The summed E-state index contributed by atoms with van der Waals surface area (Å²) in [6.07, 6.45) is 3.33. The quantitative estimate of drug-likeness (QED) is 0.903. The maximum atomic E-state index is 12.3. The molecule has 4 nitrogen and oxygen atoms in total. The van der Waals surface area contributed by atoms with Crippen molar-refractivity contribution in [2.75, 3.05) is 18.4 Å². The van der Waals surface area contributed by atoms with Crippen LogP contribution >= 0.6 is 0 Å². The van der Waals surface area contributed by atoms with Crippen LogP contribution in [0.1, 0.15) is 40.7 Å². The first-order chi connectivity index (χ1) is 12.1. The molecule has 130 valence electrons. The fourth-order valence-electron chi connectivity index (χ4n) is 3.15. The topological polar surface area (TPSA) is 49.4 Å². The third kappa shape index (κ3) is 4.69. The molecule has 1 saturated heterocycles. The largest absolute Gasteiger partial charge is 0.339 e. The van der Waals surface area contributed by atoms with E-state index in [1.807, 2.05) is 17.0 Å². The molecule has 2 aromatic rings. The minimum absolute atomic E-state index is 0.0138. The van der Waals surface area contributed by atoms with Crippen molar-refractivity contribution in [3.8, 4) is 0 Å². The van der Waals surface area contributed by atoms with Crippen molar-refractivity contribution in [1.82, 2.24) is 4.90 Å². The molecule has 0 bridgehead atoms. The number of carbonyl (C=O) groups excluding carboxylic acids is 2. The Bertz CT molecular complexity index is 747. The normalized spacial score (nSPS) is 13.7. The van der Waals surface area contributed by atoms with Crippen molar-refractivity contribution in [2.24, 2.45) is 0 Å². The number of benzene rings is 2. The second-order valence-electron chi connectivity index (χ2n) is 6.61. The Morgan fingerprint density at radius 2 is 1.76 bits per heavy atom. The average molecular weight is 336 g/mol. The highest BCUT2D eigenvalue weighted by Crippen LogP contribution is 2.16. The van der Waals surface area contributed by atoms with E-state index in [4.69, 9.17) is 0 Å². The fourth-order valence-corrected chi connectivity index (χ4v) is 3.15. The Morgan fingerprint density at radius 1 is 1.04 bits per heavy atom. The van der Waals surface area contributed by atoms with E-state index in [1.54, 1.807) is 24.3 Å². The Labute approximate surface area is 148 Å². The summed E-state index contributed by atoms with van der Waals surface area (Å²) in [5.41, 5.74) is 3.78. The summed E-state index contributed by atoms with van der Waals surface area (Å²) >= 11 is 0. The molecule has 0 aliphatic carbocycles. The Morgan fingerprint density at radius 3 is 2.44 bits per heavy atom. The van der Waals surface area contributed by atoms with Gasteiger partial charge in [0.25, 0.3) is 5.91 Å². The molecule has 2 aromatic carbocycles. The van der Waals surface area contributed by atoms with E-state index in [0.29, 0.717) is 12.0 Å². The minimum atomic E-state index is -0.0138. The zero-order chi connectivity index (χ0) is 17.6. The molecular formula is C21H24N2O2. The standard InChI is InChI=1S/C21H24N2O2/c1-16-5-4-6-17(15-16)7-12-20(24)22-19-10-8-18(9-11-19)21(25)23-13-2-3-14-23/h4-6,8-11,15H,2-3,7,12-14H2,1H3,(H,22,24). The molecule has 0 unspecified atom stereocenters. The molecular weight excluding hydrogens is 312 g/mol. The van der Waals surface area contributed by atoms with E-state index in [-0.39, 0.29) is 11.8 Å². The first-order valence-electron chi connectivity index (χ1n) is 8.86. The van der Waals surface area contributed by atoms with Gasteiger partial charge in [0.1, 0.15) is 0 Å². The lowest BCUT2D eigenvalue weighted by Gasteiger charge is -2.15. The second kappa shape index (κ2) is 7.97. The third-order valence-electron chi connectivity index (χ3n) is 4.53. The van der Waals surface area contributed by atoms with Crippen LogP contribution in [0.25, 0.3) is 0 Å². The van der Waals surface area contributed by atoms with Crippen molar-refractivity contribution >= 4 is 17.5 Å². The molecule has 0 radical (unpaired) electrons. The highest BCUT2D eigenvalue weighted by molar-refractivity contribution is 5.96. The van der Waals surface area contributed by atoms with Crippen molar-refractivity contribution in [1.29, 1.82) is 0 Å². The second-order valence-corrected chi connectivity index (χ2v) is 6.61. The zero-order valence-corrected chi connectivity index (χ0v) is 14.6. The Hall–Kier alpha value is -2.62. The molecule has 0 atom stereocenters. The fraction of sp³-hybridized carbons (Fsp3) is 0.333. The maximum absolute atomic E-state index is 12.3. The van der Waals surface area contributed by atoms with Gasteiger partial charge in [-0.15, -0.1) is 0 Å². The third-order valence-corrected chi connectivity index (χ3v) is 4.53. The number of likely N-dealkylation sites (tertiary alicyclic amines) is 1. The molecule has 0 spiro atoms. The van der Waals surface area contributed by atoms with E-state index in [0.717, 1.165) is 38.0 Å². The molecule has 1 heterocycles. The smallest absolute Gasteiger partial charge is 0.253 e. The van der Waals surface area contributed by atoms with E-state index < -0.39 is 0 Å². The summed E-state index contributed by atoms with van der Waals surface area (Å²) in [7, 11) is 0. The van der Waals surface area contributed by atoms with Gasteiger partial charge in [0.2, 0.25) is 5.91 Å². The van der Waals surface area contributed by atoms with Gasteiger partial charge >= 0.3 is 0 Å². The van der Waals surface area contributed by atoms with E-state index in [9.17, 15) is 9.59 Å². The Balaban J connectivity index is 1.52. The van der Waals surface area contributed by atoms with Gasteiger partial charge in [-0.3, -0.25) is 9.59 Å². The molecule has 1 N–H and O–H groups in total. The molecule has 0 saturated carbocycles. The lowest BCUT2D eigenvalue weighted by Crippen LogP contribution is -2.27. The number of aryl methyl sites for hydroxylation is 2. The number of hydrogen-bond acceptors (Lipinski definition) is 2. The summed E-state index contributed by atoms with van der Waals surface area (Å²) in [5, 5.41) is 2.90.